The van der Waals surface area contributed by atoms with E-state index >= 15 is 0 Å². The summed E-state index contributed by atoms with van der Waals surface area (Å²) in [5, 5.41) is 0. The Morgan fingerprint density at radius 1 is 0.287 bits per heavy atom. The van der Waals surface area contributed by atoms with E-state index in [1.54, 1.807) is 0 Å². The van der Waals surface area contributed by atoms with E-state index in [0.717, 1.165) is 82.9 Å². The van der Waals surface area contributed by atoms with E-state index < -0.39 is 0 Å². The molecular weight excluding hydrogens is 1030 g/mol. The third-order valence-electron chi connectivity index (χ3n) is 16.2. The number of fused-ring (bicyclic) bond motifs is 4. The molecule has 0 aliphatic carbocycles. The highest BCUT2D eigenvalue weighted by Crippen LogP contribution is 2.55. The summed E-state index contributed by atoms with van der Waals surface area (Å²) in [7, 11) is 0. The van der Waals surface area contributed by atoms with Crippen LogP contribution >= 0.6 is 15.9 Å². The van der Waals surface area contributed by atoms with Crippen LogP contribution in [-0.2, 0) is 5.41 Å². The quantitative estimate of drug-likeness (QED) is 0.133. The molecule has 14 rings (SSSR count). The molecule has 2 heterocycles. The molecule has 2 aliphatic heterocycles. The van der Waals surface area contributed by atoms with E-state index in [9.17, 15) is 0 Å². The molecular formula is C76H56BBrN2. The van der Waals surface area contributed by atoms with Crippen LogP contribution in [0.25, 0.3) is 77.9 Å². The average molecular weight is 1090 g/mol. The highest BCUT2D eigenvalue weighted by Gasteiger charge is 2.46. The predicted octanol–water partition coefficient (Wildman–Crippen LogP) is 19.5. The molecule has 0 radical (unpaired) electrons. The fourth-order valence-corrected chi connectivity index (χ4v) is 12.8. The summed E-state index contributed by atoms with van der Waals surface area (Å²) in [6, 6.07) is 106. The summed E-state index contributed by atoms with van der Waals surface area (Å²) >= 11 is 4.08. The first-order valence-electron chi connectivity index (χ1n) is 27.7. The average Bonchev–Trinajstić information content (AvgIpc) is 2.10. The summed E-state index contributed by atoms with van der Waals surface area (Å²) in [6.45, 7) is 6.94. The number of nitrogens with zero attached hydrogens (tertiary/aromatic N) is 2. The third kappa shape index (κ3) is 8.68. The number of anilines is 6. The van der Waals surface area contributed by atoms with Crippen molar-refractivity contribution in [3.05, 3.63) is 295 Å². The Morgan fingerprint density at radius 2 is 0.600 bits per heavy atom. The first-order valence-corrected chi connectivity index (χ1v) is 28.5. The number of halogens is 1. The smallest absolute Gasteiger partial charge is 0.252 e. The lowest BCUT2D eigenvalue weighted by Crippen LogP contribution is -2.61. The van der Waals surface area contributed by atoms with Crippen molar-refractivity contribution < 1.29 is 0 Å². The van der Waals surface area contributed by atoms with Gasteiger partial charge in [0.2, 0.25) is 0 Å². The molecule has 0 saturated carbocycles. The van der Waals surface area contributed by atoms with E-state index in [1.807, 2.05) is 0 Å². The monoisotopic (exact) mass is 1090 g/mol. The van der Waals surface area contributed by atoms with Crippen molar-refractivity contribution in [2.75, 3.05) is 9.80 Å². The lowest BCUT2D eigenvalue weighted by molar-refractivity contribution is 0.590. The summed E-state index contributed by atoms with van der Waals surface area (Å²) in [6.07, 6.45) is 0. The van der Waals surface area contributed by atoms with Crippen LogP contribution in [0.4, 0.5) is 34.1 Å². The van der Waals surface area contributed by atoms with Gasteiger partial charge in [0.25, 0.3) is 6.71 Å². The van der Waals surface area contributed by atoms with Crippen molar-refractivity contribution in [2.45, 2.75) is 26.2 Å². The molecule has 12 aromatic rings. The fraction of sp³-hybridized carbons (Fsp3) is 0.0526. The zero-order chi connectivity index (χ0) is 53.9. The van der Waals surface area contributed by atoms with Gasteiger partial charge in [-0.1, -0.05) is 267 Å². The van der Waals surface area contributed by atoms with Crippen molar-refractivity contribution in [1.82, 2.24) is 0 Å². The Morgan fingerprint density at radius 3 is 0.950 bits per heavy atom. The van der Waals surface area contributed by atoms with E-state index in [0.29, 0.717) is 0 Å². The molecule has 0 spiro atoms. The number of benzene rings is 12. The second kappa shape index (κ2) is 20.2. The van der Waals surface area contributed by atoms with Gasteiger partial charge in [-0.15, -0.1) is 0 Å². The normalized spacial score (nSPS) is 12.4. The summed E-state index contributed by atoms with van der Waals surface area (Å²) < 4.78 is 1.04. The Balaban J connectivity index is 1.16. The summed E-state index contributed by atoms with van der Waals surface area (Å²) in [4.78, 5) is 5.30. The second-order valence-electron chi connectivity index (χ2n) is 22.2. The largest absolute Gasteiger partial charge is 0.310 e. The van der Waals surface area contributed by atoms with Gasteiger partial charge in [0, 0.05) is 49.5 Å². The van der Waals surface area contributed by atoms with E-state index in [4.69, 9.17) is 0 Å². The maximum absolute atomic E-state index is 4.08. The minimum atomic E-state index is -0.251. The van der Waals surface area contributed by atoms with Gasteiger partial charge in [-0.2, -0.15) is 0 Å². The van der Waals surface area contributed by atoms with Gasteiger partial charge >= 0.3 is 0 Å². The molecule has 0 unspecified atom stereocenters. The van der Waals surface area contributed by atoms with Gasteiger partial charge in [-0.05, 0) is 138 Å². The molecule has 0 bridgehead atoms. The van der Waals surface area contributed by atoms with Gasteiger partial charge in [0.15, 0.2) is 0 Å². The van der Waals surface area contributed by atoms with Crippen LogP contribution < -0.4 is 26.2 Å². The van der Waals surface area contributed by atoms with Crippen molar-refractivity contribution in [3.63, 3.8) is 0 Å². The van der Waals surface area contributed by atoms with Crippen LogP contribution in [-0.4, -0.2) is 6.71 Å². The molecule has 12 aromatic carbocycles. The molecule has 0 amide bonds. The zero-order valence-electron chi connectivity index (χ0n) is 45.0. The van der Waals surface area contributed by atoms with Crippen molar-refractivity contribution in [2.24, 2.45) is 0 Å². The maximum atomic E-state index is 4.08. The van der Waals surface area contributed by atoms with Crippen LogP contribution in [0.15, 0.2) is 290 Å². The first-order chi connectivity index (χ1) is 39.2. The summed E-state index contributed by atoms with van der Waals surface area (Å²) in [5.74, 6) is 0. The van der Waals surface area contributed by atoms with Crippen molar-refractivity contribution >= 4 is 73.2 Å². The molecule has 0 atom stereocenters. The van der Waals surface area contributed by atoms with Crippen molar-refractivity contribution in [3.8, 4) is 77.9 Å². The van der Waals surface area contributed by atoms with Crippen LogP contribution in [0.3, 0.4) is 0 Å². The standard InChI is InChI=1S/C76H56BBrN2/c1-76(2,3)61-48-71-73-72(49-61)80(75-65(56-35-21-9-22-36-56)45-60(53-29-15-6-16-30-53)46-66(75)57-37-23-10-24-38-57)70-42-40-62(78)50-68(70)77(73)67-47-58(51-25-11-4-12-26-51)39-41-69(67)79(71)74-63(54-31-17-7-18-32-54)43-59(52-27-13-5-14-28-52)44-64(74)55-33-19-8-20-34-55/h4-50H,1-3H3. The van der Waals surface area contributed by atoms with Gasteiger partial charge < -0.3 is 9.80 Å². The summed E-state index contributed by atoms with van der Waals surface area (Å²) in [5.41, 5.74) is 27.9. The zero-order valence-corrected chi connectivity index (χ0v) is 46.6. The Kier molecular flexibility index (Phi) is 12.4. The van der Waals surface area contributed by atoms with Gasteiger partial charge in [-0.3, -0.25) is 0 Å². The Hall–Kier alpha value is -9.22. The lowest BCUT2D eigenvalue weighted by atomic mass is 9.33. The Bertz CT molecular complexity index is 4120. The number of rotatable bonds is 9. The molecule has 0 fully saturated rings. The van der Waals surface area contributed by atoms with E-state index in [-0.39, 0.29) is 12.1 Å². The highest BCUT2D eigenvalue weighted by atomic mass is 79.9. The highest BCUT2D eigenvalue weighted by molar-refractivity contribution is 9.10. The van der Waals surface area contributed by atoms with Crippen LogP contribution in [0, 0.1) is 0 Å². The molecule has 0 saturated heterocycles. The third-order valence-corrected chi connectivity index (χ3v) is 16.7. The van der Waals surface area contributed by atoms with Crippen LogP contribution in [0.5, 0.6) is 0 Å². The van der Waals surface area contributed by atoms with E-state index in [2.05, 4.69) is 332 Å². The molecule has 2 aliphatic rings. The molecule has 380 valence electrons. The fourth-order valence-electron chi connectivity index (χ4n) is 12.4. The second-order valence-corrected chi connectivity index (χ2v) is 23.1. The minimum absolute atomic E-state index is 0.152. The number of hydrogen-bond acceptors (Lipinski definition) is 2. The van der Waals surface area contributed by atoms with Gasteiger partial charge in [0.05, 0.1) is 11.4 Å². The Labute approximate surface area is 479 Å². The van der Waals surface area contributed by atoms with Gasteiger partial charge in [0.1, 0.15) is 0 Å². The van der Waals surface area contributed by atoms with Crippen LogP contribution in [0.2, 0.25) is 0 Å². The SMILES string of the molecule is CC(C)(C)c1cc2c3c(c1)N(c1c(-c4ccccc4)cc(-c4ccccc4)cc1-c1ccccc1)c1ccc(-c4ccccc4)cc1B3c1cc(Br)ccc1N2c1c(-c2ccccc2)cc(-c2ccccc2)cc1-c1ccccc1. The predicted molar refractivity (Wildman–Crippen MR) is 345 cm³/mol. The minimum Gasteiger partial charge on any atom is -0.310 e. The maximum Gasteiger partial charge on any atom is 0.252 e. The van der Waals surface area contributed by atoms with Gasteiger partial charge in [-0.25, -0.2) is 0 Å². The van der Waals surface area contributed by atoms with Crippen LogP contribution in [0.1, 0.15) is 26.3 Å². The molecule has 0 N–H and O–H groups in total. The first kappa shape index (κ1) is 49.1. The number of hydrogen-bond donors (Lipinski definition) is 0. The molecule has 2 nitrogen and oxygen atoms in total. The molecule has 80 heavy (non-hydrogen) atoms. The molecule has 0 aromatic heterocycles. The molecule has 4 heteroatoms. The topological polar surface area (TPSA) is 6.48 Å². The van der Waals surface area contributed by atoms with E-state index in [1.165, 1.54) is 55.6 Å². The van der Waals surface area contributed by atoms with Crippen molar-refractivity contribution in [1.29, 1.82) is 0 Å². The lowest BCUT2D eigenvalue weighted by Gasteiger charge is -2.46.